The van der Waals surface area contributed by atoms with Gasteiger partial charge in [-0.1, -0.05) is 6.92 Å². The number of nitrogens with zero attached hydrogens (tertiary/aromatic N) is 2. The maximum atomic E-state index is 10.2. The molecule has 2 aromatic heterocycles. The van der Waals surface area contributed by atoms with Gasteiger partial charge in [0.15, 0.2) is 0 Å². The summed E-state index contributed by atoms with van der Waals surface area (Å²) in [7, 11) is 1.55. The summed E-state index contributed by atoms with van der Waals surface area (Å²) >= 11 is 0. The van der Waals surface area contributed by atoms with Crippen molar-refractivity contribution in [2.45, 2.75) is 25.9 Å². The molecule has 1 unspecified atom stereocenters. The molecule has 0 radical (unpaired) electrons. The van der Waals surface area contributed by atoms with Gasteiger partial charge < -0.3 is 14.3 Å². The lowest BCUT2D eigenvalue weighted by Gasteiger charge is -2.10. The van der Waals surface area contributed by atoms with Gasteiger partial charge >= 0.3 is 0 Å². The van der Waals surface area contributed by atoms with E-state index in [1.54, 1.807) is 25.5 Å². The van der Waals surface area contributed by atoms with Crippen molar-refractivity contribution in [3.8, 4) is 5.88 Å². The van der Waals surface area contributed by atoms with Crippen LogP contribution in [0.5, 0.6) is 5.88 Å². The smallest absolute Gasteiger partial charge is 0.216 e. The van der Waals surface area contributed by atoms with Crippen molar-refractivity contribution < 1.29 is 14.3 Å². The molecule has 5 heteroatoms. The molecule has 0 saturated carbocycles. The van der Waals surface area contributed by atoms with Gasteiger partial charge in [0.25, 0.3) is 0 Å². The van der Waals surface area contributed by atoms with Gasteiger partial charge in [0.2, 0.25) is 5.88 Å². The molecule has 2 aromatic rings. The summed E-state index contributed by atoms with van der Waals surface area (Å²) in [4.78, 5) is 8.04. The van der Waals surface area contributed by atoms with Gasteiger partial charge in [0.05, 0.1) is 25.2 Å². The molecule has 0 spiro atoms. The van der Waals surface area contributed by atoms with E-state index in [2.05, 4.69) is 9.97 Å². The number of aryl methyl sites for hydroxylation is 1. The Morgan fingerprint density at radius 2 is 2.28 bits per heavy atom. The molecule has 0 saturated heterocycles. The van der Waals surface area contributed by atoms with Crippen molar-refractivity contribution in [2.24, 2.45) is 0 Å². The second-order valence-electron chi connectivity index (χ2n) is 3.92. The van der Waals surface area contributed by atoms with Gasteiger partial charge in [0.1, 0.15) is 12.1 Å². The molecule has 18 heavy (non-hydrogen) atoms. The van der Waals surface area contributed by atoms with E-state index >= 15 is 0 Å². The Bertz CT molecular complexity index is 510. The summed E-state index contributed by atoms with van der Waals surface area (Å²) in [6, 6.07) is 3.51. The average molecular weight is 248 g/mol. The van der Waals surface area contributed by atoms with Crippen LogP contribution in [0, 0.1) is 0 Å². The standard InChI is InChI=1S/C13H16N2O3/c1-3-12-10(4-5-18-12)11(16)6-9-7-13(17-2)15-8-14-9/h4-5,7-8,11,16H,3,6H2,1-2H3. The summed E-state index contributed by atoms with van der Waals surface area (Å²) in [5.41, 5.74) is 1.55. The van der Waals surface area contributed by atoms with Crippen molar-refractivity contribution in [1.82, 2.24) is 9.97 Å². The largest absolute Gasteiger partial charge is 0.481 e. The van der Waals surface area contributed by atoms with Crippen molar-refractivity contribution in [3.05, 3.63) is 41.7 Å². The molecular formula is C13H16N2O3. The summed E-state index contributed by atoms with van der Waals surface area (Å²) in [6.07, 6.45) is 3.56. The number of rotatable bonds is 5. The maximum absolute atomic E-state index is 10.2. The number of hydrogen-bond donors (Lipinski definition) is 1. The zero-order valence-corrected chi connectivity index (χ0v) is 10.5. The third-order valence-electron chi connectivity index (χ3n) is 2.77. The molecule has 0 bridgehead atoms. The van der Waals surface area contributed by atoms with Crippen LogP contribution < -0.4 is 4.74 Å². The molecule has 0 fully saturated rings. The fourth-order valence-electron chi connectivity index (χ4n) is 1.84. The first-order valence-electron chi connectivity index (χ1n) is 5.83. The Hall–Kier alpha value is -1.88. The minimum absolute atomic E-state index is 0.408. The predicted molar refractivity (Wildman–Crippen MR) is 65.3 cm³/mol. The van der Waals surface area contributed by atoms with E-state index in [9.17, 15) is 5.11 Å². The van der Waals surface area contributed by atoms with Gasteiger partial charge in [-0.05, 0) is 6.07 Å². The van der Waals surface area contributed by atoms with Crippen molar-refractivity contribution in [2.75, 3.05) is 7.11 Å². The molecule has 0 aliphatic heterocycles. The van der Waals surface area contributed by atoms with E-state index < -0.39 is 6.10 Å². The number of aliphatic hydroxyl groups excluding tert-OH is 1. The first-order valence-corrected chi connectivity index (χ1v) is 5.83. The molecule has 0 aromatic carbocycles. The van der Waals surface area contributed by atoms with Gasteiger partial charge in [-0.25, -0.2) is 9.97 Å². The molecule has 2 heterocycles. The normalized spacial score (nSPS) is 12.4. The molecular weight excluding hydrogens is 232 g/mol. The third-order valence-corrected chi connectivity index (χ3v) is 2.77. The molecule has 96 valence electrons. The predicted octanol–water partition coefficient (Wildman–Crippen LogP) is 1.92. The SMILES string of the molecule is CCc1occc1C(O)Cc1cc(OC)ncn1. The Balaban J connectivity index is 2.13. The number of aliphatic hydroxyl groups is 1. The van der Waals surface area contributed by atoms with Crippen molar-refractivity contribution >= 4 is 0 Å². The van der Waals surface area contributed by atoms with Crippen LogP contribution in [0.4, 0.5) is 0 Å². The average Bonchev–Trinajstić information content (AvgIpc) is 2.87. The summed E-state index contributed by atoms with van der Waals surface area (Å²) in [6.45, 7) is 1.99. The number of aromatic nitrogens is 2. The van der Waals surface area contributed by atoms with Crippen LogP contribution in [0.3, 0.4) is 0 Å². The number of methoxy groups -OCH3 is 1. The summed E-state index contributed by atoms with van der Waals surface area (Å²) < 4.78 is 10.3. The van der Waals surface area contributed by atoms with Crippen LogP contribution in [-0.4, -0.2) is 22.2 Å². The molecule has 0 amide bonds. The first kappa shape index (κ1) is 12.6. The second kappa shape index (κ2) is 5.64. The maximum Gasteiger partial charge on any atom is 0.216 e. The van der Waals surface area contributed by atoms with E-state index in [-0.39, 0.29) is 0 Å². The Labute approximate surface area is 105 Å². The van der Waals surface area contributed by atoms with Crippen LogP contribution in [0.15, 0.2) is 29.1 Å². The molecule has 1 atom stereocenters. The minimum atomic E-state index is -0.627. The number of ether oxygens (including phenoxy) is 1. The topological polar surface area (TPSA) is 68.4 Å². The van der Waals surface area contributed by atoms with Crippen LogP contribution in [-0.2, 0) is 12.8 Å². The highest BCUT2D eigenvalue weighted by atomic mass is 16.5. The lowest BCUT2D eigenvalue weighted by atomic mass is 10.0. The van der Waals surface area contributed by atoms with Crippen LogP contribution in [0.25, 0.3) is 0 Å². The van der Waals surface area contributed by atoms with Crippen LogP contribution in [0.1, 0.15) is 30.0 Å². The second-order valence-corrected chi connectivity index (χ2v) is 3.92. The van der Waals surface area contributed by atoms with Gasteiger partial charge in [-0.3, -0.25) is 0 Å². The van der Waals surface area contributed by atoms with Gasteiger partial charge in [-0.15, -0.1) is 0 Å². The minimum Gasteiger partial charge on any atom is -0.481 e. The lowest BCUT2D eigenvalue weighted by molar-refractivity contribution is 0.174. The highest BCUT2D eigenvalue weighted by Crippen LogP contribution is 2.23. The number of furan rings is 1. The summed E-state index contributed by atoms with van der Waals surface area (Å²) in [5, 5.41) is 10.2. The Morgan fingerprint density at radius 3 is 3.00 bits per heavy atom. The molecule has 0 aliphatic rings. The van der Waals surface area contributed by atoms with E-state index in [1.807, 2.05) is 6.92 Å². The number of hydrogen-bond acceptors (Lipinski definition) is 5. The molecule has 0 aliphatic carbocycles. The van der Waals surface area contributed by atoms with Crippen molar-refractivity contribution in [1.29, 1.82) is 0 Å². The molecule has 5 nitrogen and oxygen atoms in total. The quantitative estimate of drug-likeness (QED) is 0.875. The fourth-order valence-corrected chi connectivity index (χ4v) is 1.84. The first-order chi connectivity index (χ1) is 8.74. The van der Waals surface area contributed by atoms with Crippen molar-refractivity contribution in [3.63, 3.8) is 0 Å². The Morgan fingerprint density at radius 1 is 1.44 bits per heavy atom. The van der Waals surface area contributed by atoms with Gasteiger partial charge in [-0.2, -0.15) is 0 Å². The van der Waals surface area contributed by atoms with E-state index in [4.69, 9.17) is 9.15 Å². The van der Waals surface area contributed by atoms with Crippen LogP contribution in [0.2, 0.25) is 0 Å². The van der Waals surface area contributed by atoms with Gasteiger partial charge in [0, 0.05) is 24.5 Å². The molecule has 1 N–H and O–H groups in total. The molecule has 2 rings (SSSR count). The zero-order chi connectivity index (χ0) is 13.0. The monoisotopic (exact) mass is 248 g/mol. The third kappa shape index (κ3) is 2.68. The van der Waals surface area contributed by atoms with E-state index in [0.29, 0.717) is 12.3 Å². The van der Waals surface area contributed by atoms with Crippen LogP contribution >= 0.6 is 0 Å². The zero-order valence-electron chi connectivity index (χ0n) is 10.5. The van der Waals surface area contributed by atoms with E-state index in [0.717, 1.165) is 23.4 Å². The Kier molecular flexibility index (Phi) is 3.94. The lowest BCUT2D eigenvalue weighted by Crippen LogP contribution is -2.05. The van der Waals surface area contributed by atoms with E-state index in [1.165, 1.54) is 6.33 Å². The highest BCUT2D eigenvalue weighted by Gasteiger charge is 2.15. The summed E-state index contributed by atoms with van der Waals surface area (Å²) in [5.74, 6) is 1.30. The highest BCUT2D eigenvalue weighted by molar-refractivity contribution is 5.23. The fraction of sp³-hybridized carbons (Fsp3) is 0.385.